The minimum absolute atomic E-state index is 0.104. The summed E-state index contributed by atoms with van der Waals surface area (Å²) in [6, 6.07) is 15.4. The maximum Gasteiger partial charge on any atom is 0.257 e. The fourth-order valence-corrected chi connectivity index (χ4v) is 3.97. The Morgan fingerprint density at radius 1 is 1.19 bits per heavy atom. The number of hydrogen-bond donors (Lipinski definition) is 2. The van der Waals surface area contributed by atoms with Crippen molar-refractivity contribution >= 4 is 16.8 Å². The smallest absolute Gasteiger partial charge is 0.257 e. The van der Waals surface area contributed by atoms with Gasteiger partial charge in [0.15, 0.2) is 0 Å². The van der Waals surface area contributed by atoms with Crippen molar-refractivity contribution in [2.45, 2.75) is 25.4 Å². The molecule has 7 heteroatoms. The Morgan fingerprint density at radius 3 is 2.84 bits per heavy atom. The first-order valence-electron chi connectivity index (χ1n) is 11.0. The number of para-hydroxylation sites is 1. The second-order valence-corrected chi connectivity index (χ2v) is 8.08. The highest BCUT2D eigenvalue weighted by Crippen LogP contribution is 2.15. The number of H-pyrrole nitrogens is 1. The minimum Gasteiger partial charge on any atom is -0.492 e. The van der Waals surface area contributed by atoms with E-state index in [9.17, 15) is 9.59 Å². The lowest BCUT2D eigenvalue weighted by molar-refractivity contribution is 0.0392. The maximum atomic E-state index is 12.6. The van der Waals surface area contributed by atoms with Crippen LogP contribution >= 0.6 is 0 Å². The van der Waals surface area contributed by atoms with E-state index < -0.39 is 5.91 Å². The summed E-state index contributed by atoms with van der Waals surface area (Å²) in [5.74, 6) is 0.363. The van der Waals surface area contributed by atoms with Crippen LogP contribution in [0.3, 0.4) is 0 Å². The molecule has 168 valence electrons. The van der Waals surface area contributed by atoms with E-state index in [0.29, 0.717) is 30.1 Å². The predicted octanol–water partition coefficient (Wildman–Crippen LogP) is 2.95. The summed E-state index contributed by atoms with van der Waals surface area (Å²) in [4.78, 5) is 30.5. The van der Waals surface area contributed by atoms with Crippen molar-refractivity contribution in [3.05, 3.63) is 76.1 Å². The van der Waals surface area contributed by atoms with Gasteiger partial charge in [0, 0.05) is 49.4 Å². The molecule has 2 heterocycles. The average Bonchev–Trinajstić information content (AvgIpc) is 2.84. The number of aromatic amines is 1. The Morgan fingerprint density at radius 2 is 2.00 bits per heavy atom. The zero-order valence-corrected chi connectivity index (χ0v) is 18.3. The molecule has 0 saturated carbocycles. The molecule has 2 aromatic carbocycles. The Labute approximate surface area is 187 Å². The molecule has 1 fully saturated rings. The van der Waals surface area contributed by atoms with Crippen molar-refractivity contribution in [3.63, 3.8) is 0 Å². The summed E-state index contributed by atoms with van der Waals surface area (Å²) in [6.07, 6.45) is 3.59. The van der Waals surface area contributed by atoms with E-state index in [-0.39, 0.29) is 11.0 Å². The molecule has 0 radical (unpaired) electrons. The number of aromatic nitrogens is 1. The lowest BCUT2D eigenvalue weighted by Crippen LogP contribution is -2.38. The third kappa shape index (κ3) is 5.36. The zero-order valence-electron chi connectivity index (χ0n) is 18.3. The molecule has 0 bridgehead atoms. The van der Waals surface area contributed by atoms with Crippen molar-refractivity contribution in [1.29, 1.82) is 0 Å². The van der Waals surface area contributed by atoms with E-state index in [4.69, 9.17) is 9.47 Å². The average molecular weight is 436 g/mol. The van der Waals surface area contributed by atoms with Crippen molar-refractivity contribution in [2.75, 3.05) is 33.4 Å². The molecule has 1 aliphatic heterocycles. The topological polar surface area (TPSA) is 83.7 Å². The number of fused-ring (bicyclic) bond motifs is 1. The number of likely N-dealkylation sites (N-methyl/N-ethyl adjacent to an activating group) is 1. The summed E-state index contributed by atoms with van der Waals surface area (Å²) < 4.78 is 11.3. The molecule has 0 unspecified atom stereocenters. The number of amides is 1. The van der Waals surface area contributed by atoms with Crippen LogP contribution in [0.1, 0.15) is 28.8 Å². The van der Waals surface area contributed by atoms with Crippen LogP contribution in [-0.2, 0) is 11.3 Å². The van der Waals surface area contributed by atoms with E-state index in [0.717, 1.165) is 43.9 Å². The first-order chi connectivity index (χ1) is 15.6. The molecule has 2 N–H and O–H groups in total. The van der Waals surface area contributed by atoms with Gasteiger partial charge in [-0.1, -0.05) is 24.3 Å². The van der Waals surface area contributed by atoms with Gasteiger partial charge in [-0.05, 0) is 49.7 Å². The molecule has 1 amide bonds. The van der Waals surface area contributed by atoms with Gasteiger partial charge >= 0.3 is 0 Å². The first kappa shape index (κ1) is 22.0. The van der Waals surface area contributed by atoms with Gasteiger partial charge in [0.1, 0.15) is 17.9 Å². The highest BCUT2D eigenvalue weighted by Gasteiger charge is 2.18. The van der Waals surface area contributed by atoms with Gasteiger partial charge in [-0.25, -0.2) is 0 Å². The number of carbonyl (C=O) groups excluding carboxylic acids is 1. The van der Waals surface area contributed by atoms with Crippen molar-refractivity contribution in [2.24, 2.45) is 0 Å². The molecule has 1 aromatic heterocycles. The molecule has 32 heavy (non-hydrogen) atoms. The number of pyridine rings is 1. The number of nitrogens with zero attached hydrogens (tertiary/aromatic N) is 1. The van der Waals surface area contributed by atoms with E-state index in [1.807, 2.05) is 36.4 Å². The number of rotatable bonds is 8. The summed E-state index contributed by atoms with van der Waals surface area (Å²) >= 11 is 0. The van der Waals surface area contributed by atoms with Crippen LogP contribution in [0.4, 0.5) is 0 Å². The quantitative estimate of drug-likeness (QED) is 0.568. The van der Waals surface area contributed by atoms with Gasteiger partial charge in [0.05, 0.1) is 0 Å². The van der Waals surface area contributed by atoms with Gasteiger partial charge in [-0.3, -0.25) is 14.5 Å². The standard InChI is InChI=1S/C25H29N3O4/c1-28(19-9-12-31-13-10-19)11-14-32-20-6-4-5-18(15-20)16-27-25(30)22-17-26-23-8-3-2-7-21(23)24(22)29/h2-8,15,17,19H,9-14,16H2,1H3,(H,26,29)(H,27,30). The summed E-state index contributed by atoms with van der Waals surface area (Å²) in [6.45, 7) is 3.40. The van der Waals surface area contributed by atoms with Gasteiger partial charge < -0.3 is 19.8 Å². The third-order valence-electron chi connectivity index (χ3n) is 5.91. The fraction of sp³-hybridized carbons (Fsp3) is 0.360. The minimum atomic E-state index is -0.401. The number of ether oxygens (including phenoxy) is 2. The van der Waals surface area contributed by atoms with Gasteiger partial charge in [-0.15, -0.1) is 0 Å². The van der Waals surface area contributed by atoms with Gasteiger partial charge in [-0.2, -0.15) is 0 Å². The highest BCUT2D eigenvalue weighted by molar-refractivity contribution is 5.97. The fourth-order valence-electron chi connectivity index (χ4n) is 3.97. The summed E-state index contributed by atoms with van der Waals surface area (Å²) in [5, 5.41) is 3.33. The van der Waals surface area contributed by atoms with Gasteiger partial charge in [0.2, 0.25) is 5.43 Å². The van der Waals surface area contributed by atoms with E-state index in [1.54, 1.807) is 12.1 Å². The van der Waals surface area contributed by atoms with Crippen LogP contribution in [0.2, 0.25) is 0 Å². The lowest BCUT2D eigenvalue weighted by atomic mass is 10.1. The van der Waals surface area contributed by atoms with Gasteiger partial charge in [0.25, 0.3) is 5.91 Å². The Hall–Kier alpha value is -3.16. The monoisotopic (exact) mass is 435 g/mol. The van der Waals surface area contributed by atoms with E-state index in [2.05, 4.69) is 22.2 Å². The molecule has 0 aliphatic carbocycles. The number of nitrogens with one attached hydrogen (secondary N) is 2. The lowest BCUT2D eigenvalue weighted by Gasteiger charge is -2.31. The molecule has 7 nitrogen and oxygen atoms in total. The second-order valence-electron chi connectivity index (χ2n) is 8.08. The number of carbonyl (C=O) groups is 1. The Kier molecular flexibility index (Phi) is 7.19. The maximum absolute atomic E-state index is 12.6. The Bertz CT molecular complexity index is 1120. The predicted molar refractivity (Wildman–Crippen MR) is 124 cm³/mol. The third-order valence-corrected chi connectivity index (χ3v) is 5.91. The highest BCUT2D eigenvalue weighted by atomic mass is 16.5. The zero-order chi connectivity index (χ0) is 22.3. The van der Waals surface area contributed by atoms with Crippen LogP contribution in [0.15, 0.2) is 59.5 Å². The van der Waals surface area contributed by atoms with Crippen LogP contribution in [0.25, 0.3) is 10.9 Å². The molecule has 1 aliphatic rings. The van der Waals surface area contributed by atoms with Crippen LogP contribution in [-0.4, -0.2) is 55.2 Å². The second kappa shape index (κ2) is 10.4. The largest absolute Gasteiger partial charge is 0.492 e. The number of hydrogen-bond acceptors (Lipinski definition) is 5. The number of benzene rings is 2. The summed E-state index contributed by atoms with van der Waals surface area (Å²) in [7, 11) is 2.12. The van der Waals surface area contributed by atoms with E-state index >= 15 is 0 Å². The Balaban J connectivity index is 1.30. The van der Waals surface area contributed by atoms with Crippen LogP contribution in [0, 0.1) is 0 Å². The molecular formula is C25H29N3O4. The van der Waals surface area contributed by atoms with Crippen LogP contribution < -0.4 is 15.5 Å². The van der Waals surface area contributed by atoms with Crippen molar-refractivity contribution < 1.29 is 14.3 Å². The molecule has 4 rings (SSSR count). The van der Waals surface area contributed by atoms with E-state index in [1.165, 1.54) is 6.20 Å². The van der Waals surface area contributed by atoms with Crippen LogP contribution in [0.5, 0.6) is 5.75 Å². The molecule has 0 spiro atoms. The molecule has 0 atom stereocenters. The SMILES string of the molecule is CN(CCOc1cccc(CNC(=O)c2c[nH]c3ccccc3c2=O)c1)C1CCOCC1. The van der Waals surface area contributed by atoms with Crippen molar-refractivity contribution in [3.8, 4) is 5.75 Å². The first-order valence-corrected chi connectivity index (χ1v) is 11.0. The molecule has 1 saturated heterocycles. The van der Waals surface area contributed by atoms with Crippen molar-refractivity contribution in [1.82, 2.24) is 15.2 Å². The molecule has 3 aromatic rings. The molecular weight excluding hydrogens is 406 g/mol. The normalized spacial score (nSPS) is 14.6. The summed E-state index contributed by atoms with van der Waals surface area (Å²) in [5.41, 5.74) is 1.45.